The molecule has 0 bridgehead atoms. The van der Waals surface area contributed by atoms with E-state index in [1.165, 1.54) is 5.56 Å². The number of rotatable bonds is 7. The minimum absolute atomic E-state index is 0.00450. The zero-order valence-electron chi connectivity index (χ0n) is 20.1. The van der Waals surface area contributed by atoms with Crippen molar-refractivity contribution >= 4 is 16.9 Å². The first kappa shape index (κ1) is 22.5. The molecule has 5 aromatic rings. The van der Waals surface area contributed by atoms with Crippen LogP contribution in [0.15, 0.2) is 97.2 Å². The fourth-order valence-electron chi connectivity index (χ4n) is 4.51. The Kier molecular flexibility index (Phi) is 6.40. The Balaban J connectivity index is 1.47. The van der Waals surface area contributed by atoms with Gasteiger partial charge in [0.05, 0.1) is 5.69 Å². The lowest BCUT2D eigenvalue weighted by Gasteiger charge is -2.23. The summed E-state index contributed by atoms with van der Waals surface area (Å²) in [5.41, 5.74) is 7.20. The van der Waals surface area contributed by atoms with Crippen molar-refractivity contribution in [2.24, 2.45) is 0 Å². The molecule has 0 unspecified atom stereocenters. The van der Waals surface area contributed by atoms with Gasteiger partial charge in [-0.1, -0.05) is 90.5 Å². The van der Waals surface area contributed by atoms with Gasteiger partial charge in [-0.05, 0) is 42.2 Å². The molecule has 0 aliphatic carbocycles. The SMILES string of the molecule is Cc1cccc(-c2ccnc3c2c(C)nn3CC(=O)N(Cc2ccccc2)Cc2ccccc2)c1. The van der Waals surface area contributed by atoms with Crippen molar-refractivity contribution in [1.29, 1.82) is 0 Å². The van der Waals surface area contributed by atoms with Gasteiger partial charge in [-0.15, -0.1) is 0 Å². The zero-order valence-corrected chi connectivity index (χ0v) is 20.1. The number of hydrogen-bond acceptors (Lipinski definition) is 3. The molecule has 0 aliphatic heterocycles. The summed E-state index contributed by atoms with van der Waals surface area (Å²) < 4.78 is 1.75. The highest BCUT2D eigenvalue weighted by molar-refractivity contribution is 5.95. The summed E-state index contributed by atoms with van der Waals surface area (Å²) in [5.74, 6) is 0.00450. The minimum atomic E-state index is 0.00450. The van der Waals surface area contributed by atoms with Gasteiger partial charge in [0.25, 0.3) is 0 Å². The normalized spacial score (nSPS) is 11.0. The first-order chi connectivity index (χ1) is 17.1. The van der Waals surface area contributed by atoms with Crippen LogP contribution < -0.4 is 0 Å². The second-order valence-corrected chi connectivity index (χ2v) is 8.89. The fraction of sp³-hybridized carbons (Fsp3) is 0.167. The third-order valence-electron chi connectivity index (χ3n) is 6.21. The molecule has 0 N–H and O–H groups in total. The maximum absolute atomic E-state index is 13.6. The van der Waals surface area contributed by atoms with Gasteiger partial charge in [0.1, 0.15) is 6.54 Å². The van der Waals surface area contributed by atoms with E-state index in [1.807, 2.05) is 54.3 Å². The van der Waals surface area contributed by atoms with E-state index in [4.69, 9.17) is 5.10 Å². The minimum Gasteiger partial charge on any atom is -0.332 e. The summed E-state index contributed by atoms with van der Waals surface area (Å²) in [7, 11) is 0. The summed E-state index contributed by atoms with van der Waals surface area (Å²) in [6.45, 7) is 5.28. The highest BCUT2D eigenvalue weighted by Crippen LogP contribution is 2.30. The molecule has 5 heteroatoms. The molecule has 2 heterocycles. The zero-order chi connectivity index (χ0) is 24.2. The van der Waals surface area contributed by atoms with Crippen molar-refractivity contribution in [1.82, 2.24) is 19.7 Å². The van der Waals surface area contributed by atoms with Gasteiger partial charge in [-0.3, -0.25) is 4.79 Å². The van der Waals surface area contributed by atoms with E-state index in [9.17, 15) is 4.79 Å². The van der Waals surface area contributed by atoms with Crippen molar-refractivity contribution in [2.75, 3.05) is 0 Å². The van der Waals surface area contributed by atoms with Crippen LogP contribution in [0.3, 0.4) is 0 Å². The molecule has 0 saturated heterocycles. The molecule has 2 aromatic heterocycles. The number of aryl methyl sites for hydroxylation is 2. The molecule has 0 aliphatic rings. The molecular formula is C30H28N4O. The maximum Gasteiger partial charge on any atom is 0.244 e. The standard InChI is InChI=1S/C30H28N4O/c1-22-10-9-15-26(18-22)27-16-17-31-30-29(27)23(2)32-34(30)21-28(35)33(19-24-11-5-3-6-12-24)20-25-13-7-4-8-14-25/h3-18H,19-21H2,1-2H3. The predicted molar refractivity (Wildman–Crippen MR) is 140 cm³/mol. The van der Waals surface area contributed by atoms with E-state index in [0.29, 0.717) is 13.1 Å². The summed E-state index contributed by atoms with van der Waals surface area (Å²) in [5, 5.41) is 5.73. The van der Waals surface area contributed by atoms with E-state index >= 15 is 0 Å². The molecule has 0 spiro atoms. The molecule has 0 fully saturated rings. The number of aromatic nitrogens is 3. The van der Waals surface area contributed by atoms with Crippen LogP contribution in [0.2, 0.25) is 0 Å². The van der Waals surface area contributed by atoms with Gasteiger partial charge in [-0.2, -0.15) is 5.10 Å². The lowest BCUT2D eigenvalue weighted by Crippen LogP contribution is -2.33. The van der Waals surface area contributed by atoms with E-state index in [1.54, 1.807) is 10.9 Å². The number of carbonyl (C=O) groups is 1. The number of hydrogen-bond donors (Lipinski definition) is 0. The van der Waals surface area contributed by atoms with Gasteiger partial charge in [0, 0.05) is 24.7 Å². The molecule has 174 valence electrons. The molecule has 1 amide bonds. The average Bonchev–Trinajstić information content (AvgIpc) is 3.20. The Labute approximate surface area is 205 Å². The molecule has 0 radical (unpaired) electrons. The van der Waals surface area contributed by atoms with Crippen molar-refractivity contribution in [3.8, 4) is 11.1 Å². The van der Waals surface area contributed by atoms with E-state index in [-0.39, 0.29) is 12.5 Å². The third-order valence-corrected chi connectivity index (χ3v) is 6.21. The molecule has 35 heavy (non-hydrogen) atoms. The Morgan fingerprint density at radius 1 is 0.829 bits per heavy atom. The number of benzene rings is 3. The van der Waals surface area contributed by atoms with E-state index < -0.39 is 0 Å². The predicted octanol–water partition coefficient (Wildman–Crippen LogP) is 5.94. The molecule has 0 atom stereocenters. The van der Waals surface area contributed by atoms with Crippen LogP contribution in [-0.2, 0) is 24.4 Å². The smallest absolute Gasteiger partial charge is 0.244 e. The van der Waals surface area contributed by atoms with Gasteiger partial charge in [-0.25, -0.2) is 9.67 Å². The number of pyridine rings is 1. The molecule has 3 aromatic carbocycles. The number of nitrogens with zero attached hydrogens (tertiary/aromatic N) is 4. The summed E-state index contributed by atoms with van der Waals surface area (Å²) in [4.78, 5) is 20.1. The second kappa shape index (κ2) is 9.94. The number of fused-ring (bicyclic) bond motifs is 1. The second-order valence-electron chi connectivity index (χ2n) is 8.89. The fourth-order valence-corrected chi connectivity index (χ4v) is 4.51. The molecule has 0 saturated carbocycles. The Hall–Kier alpha value is -4.25. The van der Waals surface area contributed by atoms with Crippen LogP contribution in [0, 0.1) is 13.8 Å². The van der Waals surface area contributed by atoms with Crippen LogP contribution in [0.4, 0.5) is 0 Å². The lowest BCUT2D eigenvalue weighted by molar-refractivity contribution is -0.133. The average molecular weight is 461 g/mol. The van der Waals surface area contributed by atoms with Crippen molar-refractivity contribution < 1.29 is 4.79 Å². The topological polar surface area (TPSA) is 51.0 Å². The van der Waals surface area contributed by atoms with Gasteiger partial charge in [0.2, 0.25) is 5.91 Å². The lowest BCUT2D eigenvalue weighted by atomic mass is 10.0. The van der Waals surface area contributed by atoms with Crippen LogP contribution in [0.5, 0.6) is 0 Å². The highest BCUT2D eigenvalue weighted by atomic mass is 16.2. The highest BCUT2D eigenvalue weighted by Gasteiger charge is 2.20. The third kappa shape index (κ3) is 4.99. The Bertz CT molecular complexity index is 1420. The molecule has 5 rings (SSSR count). The van der Waals surface area contributed by atoms with Crippen LogP contribution in [0.25, 0.3) is 22.2 Å². The maximum atomic E-state index is 13.6. The first-order valence-corrected chi connectivity index (χ1v) is 11.8. The van der Waals surface area contributed by atoms with Crippen LogP contribution in [-0.4, -0.2) is 25.6 Å². The van der Waals surface area contributed by atoms with Crippen LogP contribution in [0.1, 0.15) is 22.4 Å². The molecule has 5 nitrogen and oxygen atoms in total. The molecular weight excluding hydrogens is 432 g/mol. The summed E-state index contributed by atoms with van der Waals surface area (Å²) in [6.07, 6.45) is 1.80. The monoisotopic (exact) mass is 460 g/mol. The van der Waals surface area contributed by atoms with Gasteiger partial charge in [0.15, 0.2) is 5.65 Å². The largest absolute Gasteiger partial charge is 0.332 e. The van der Waals surface area contributed by atoms with Crippen molar-refractivity contribution in [2.45, 2.75) is 33.5 Å². The quantitative estimate of drug-likeness (QED) is 0.302. The Morgan fingerprint density at radius 3 is 2.11 bits per heavy atom. The number of carbonyl (C=O) groups excluding carboxylic acids is 1. The first-order valence-electron chi connectivity index (χ1n) is 11.8. The number of amides is 1. The summed E-state index contributed by atoms with van der Waals surface area (Å²) in [6, 6.07) is 30.6. The van der Waals surface area contributed by atoms with Crippen molar-refractivity contribution in [3.63, 3.8) is 0 Å². The Morgan fingerprint density at radius 2 is 1.49 bits per heavy atom. The van der Waals surface area contributed by atoms with Crippen LogP contribution >= 0.6 is 0 Å². The summed E-state index contributed by atoms with van der Waals surface area (Å²) >= 11 is 0. The van der Waals surface area contributed by atoms with Gasteiger partial charge >= 0.3 is 0 Å². The van der Waals surface area contributed by atoms with Crippen molar-refractivity contribution in [3.05, 3.63) is 120 Å². The van der Waals surface area contributed by atoms with E-state index in [0.717, 1.165) is 39.0 Å². The van der Waals surface area contributed by atoms with E-state index in [2.05, 4.69) is 60.4 Å². The van der Waals surface area contributed by atoms with Gasteiger partial charge < -0.3 is 4.90 Å².